The molecule has 0 aliphatic heterocycles. The Morgan fingerprint density at radius 2 is 2.04 bits per heavy atom. The number of nitrogens with zero attached hydrogens (tertiary/aromatic N) is 4. The number of aromatic nitrogens is 3. The minimum atomic E-state index is -1.11. The highest BCUT2D eigenvalue weighted by Gasteiger charge is 2.24. The van der Waals surface area contributed by atoms with Crippen molar-refractivity contribution in [1.29, 1.82) is 0 Å². The van der Waals surface area contributed by atoms with Crippen molar-refractivity contribution in [3.8, 4) is 0 Å². The van der Waals surface area contributed by atoms with E-state index in [1.54, 1.807) is 13.8 Å². The van der Waals surface area contributed by atoms with Crippen LogP contribution < -0.4 is 5.32 Å². The fraction of sp³-hybridized carbons (Fsp3) is 0.188. The molecule has 0 fully saturated rings. The summed E-state index contributed by atoms with van der Waals surface area (Å²) in [5, 5.41) is 20.8. The summed E-state index contributed by atoms with van der Waals surface area (Å²) in [7, 11) is 0. The predicted molar refractivity (Wildman–Crippen MR) is 88.3 cm³/mol. The molecular formula is C16H13F2N5O4. The van der Waals surface area contributed by atoms with Crippen molar-refractivity contribution in [2.75, 3.05) is 5.32 Å². The van der Waals surface area contributed by atoms with Crippen LogP contribution in [-0.4, -0.2) is 25.8 Å². The molecule has 0 saturated heterocycles. The lowest BCUT2D eigenvalue weighted by Crippen LogP contribution is -2.16. The summed E-state index contributed by atoms with van der Waals surface area (Å²) in [6, 6.07) is 4.21. The molecule has 11 heteroatoms. The lowest BCUT2D eigenvalue weighted by molar-refractivity contribution is -0.389. The minimum absolute atomic E-state index is 0.00946. The van der Waals surface area contributed by atoms with Crippen molar-refractivity contribution in [3.63, 3.8) is 0 Å². The van der Waals surface area contributed by atoms with Gasteiger partial charge in [0.25, 0.3) is 5.91 Å². The van der Waals surface area contributed by atoms with Crippen LogP contribution in [0.25, 0.3) is 0 Å². The Bertz CT molecular complexity index is 1040. The number of hydrogen-bond acceptors (Lipinski definition) is 6. The van der Waals surface area contributed by atoms with Gasteiger partial charge >= 0.3 is 5.82 Å². The Balaban J connectivity index is 1.86. The van der Waals surface area contributed by atoms with E-state index in [1.165, 1.54) is 16.8 Å². The van der Waals surface area contributed by atoms with Gasteiger partial charge in [-0.3, -0.25) is 4.79 Å². The second kappa shape index (κ2) is 6.94. The van der Waals surface area contributed by atoms with E-state index in [1.807, 2.05) is 0 Å². The molecule has 0 bridgehead atoms. The van der Waals surface area contributed by atoms with Gasteiger partial charge in [-0.15, -0.1) is 0 Å². The SMILES string of the molecule is Cc1onc(C(=O)Nc2ccc(F)c(F)c2)c1Cn1nc([N+](=O)[O-])cc1C. The number of amides is 1. The van der Waals surface area contributed by atoms with Crippen LogP contribution in [0.2, 0.25) is 0 Å². The van der Waals surface area contributed by atoms with E-state index in [0.29, 0.717) is 17.0 Å². The monoisotopic (exact) mass is 377 g/mol. The first-order valence-corrected chi connectivity index (χ1v) is 7.66. The van der Waals surface area contributed by atoms with Crippen LogP contribution in [0, 0.1) is 35.6 Å². The molecule has 1 aromatic carbocycles. The quantitative estimate of drug-likeness (QED) is 0.540. The van der Waals surface area contributed by atoms with Crippen LogP contribution >= 0.6 is 0 Å². The van der Waals surface area contributed by atoms with E-state index >= 15 is 0 Å². The molecule has 0 aliphatic carbocycles. The Kier molecular flexibility index (Phi) is 4.67. The minimum Gasteiger partial charge on any atom is -0.361 e. The first kappa shape index (κ1) is 18.2. The number of rotatable bonds is 5. The molecule has 140 valence electrons. The van der Waals surface area contributed by atoms with Gasteiger partial charge in [0.05, 0.1) is 29.0 Å². The Labute approximate surface area is 150 Å². The molecule has 0 radical (unpaired) electrons. The number of hydrogen-bond donors (Lipinski definition) is 1. The molecule has 27 heavy (non-hydrogen) atoms. The third-order valence-electron chi connectivity index (χ3n) is 3.84. The van der Waals surface area contributed by atoms with E-state index in [-0.39, 0.29) is 23.7 Å². The first-order valence-electron chi connectivity index (χ1n) is 7.66. The molecule has 3 rings (SSSR count). The van der Waals surface area contributed by atoms with Crippen molar-refractivity contribution in [2.24, 2.45) is 0 Å². The summed E-state index contributed by atoms with van der Waals surface area (Å²) in [6.07, 6.45) is 0. The second-order valence-corrected chi connectivity index (χ2v) is 5.71. The van der Waals surface area contributed by atoms with E-state index in [4.69, 9.17) is 4.52 Å². The number of anilines is 1. The zero-order valence-corrected chi connectivity index (χ0v) is 14.2. The fourth-order valence-corrected chi connectivity index (χ4v) is 2.41. The van der Waals surface area contributed by atoms with E-state index in [0.717, 1.165) is 12.1 Å². The van der Waals surface area contributed by atoms with Gasteiger partial charge in [-0.25, -0.2) is 8.78 Å². The number of carbonyl (C=O) groups is 1. The Morgan fingerprint density at radius 1 is 1.30 bits per heavy atom. The maximum absolute atomic E-state index is 13.3. The average molecular weight is 377 g/mol. The number of halogens is 2. The van der Waals surface area contributed by atoms with E-state index in [2.05, 4.69) is 15.6 Å². The van der Waals surface area contributed by atoms with Crippen LogP contribution in [0.1, 0.15) is 27.5 Å². The van der Waals surface area contributed by atoms with Crippen LogP contribution in [0.15, 0.2) is 28.8 Å². The summed E-state index contributed by atoms with van der Waals surface area (Å²) >= 11 is 0. The predicted octanol–water partition coefficient (Wildman–Crippen LogP) is 2.97. The zero-order chi connectivity index (χ0) is 19.7. The van der Waals surface area contributed by atoms with Crippen molar-refractivity contribution in [2.45, 2.75) is 20.4 Å². The molecule has 0 atom stereocenters. The molecule has 9 nitrogen and oxygen atoms in total. The maximum Gasteiger partial charge on any atom is 0.390 e. The molecule has 0 saturated carbocycles. The number of carbonyl (C=O) groups excluding carboxylic acids is 1. The van der Waals surface area contributed by atoms with Crippen LogP contribution in [0.5, 0.6) is 0 Å². The summed E-state index contributed by atoms with van der Waals surface area (Å²) in [5.41, 5.74) is 0.816. The molecule has 0 unspecified atom stereocenters. The highest BCUT2D eigenvalue weighted by Crippen LogP contribution is 2.20. The van der Waals surface area contributed by atoms with Gasteiger partial charge in [0, 0.05) is 11.8 Å². The Hall–Kier alpha value is -3.63. The molecule has 1 amide bonds. The van der Waals surface area contributed by atoms with Gasteiger partial charge < -0.3 is 20.0 Å². The van der Waals surface area contributed by atoms with Crippen LogP contribution in [0.3, 0.4) is 0 Å². The van der Waals surface area contributed by atoms with Gasteiger partial charge in [-0.05, 0) is 30.9 Å². The average Bonchev–Trinajstić information content (AvgIpc) is 3.15. The molecular weight excluding hydrogens is 364 g/mol. The van der Waals surface area contributed by atoms with E-state index in [9.17, 15) is 23.7 Å². The molecule has 3 aromatic rings. The third-order valence-corrected chi connectivity index (χ3v) is 3.84. The number of benzene rings is 1. The molecule has 1 N–H and O–H groups in total. The molecule has 2 heterocycles. The van der Waals surface area contributed by atoms with Crippen molar-refractivity contribution >= 4 is 17.4 Å². The smallest absolute Gasteiger partial charge is 0.361 e. The lowest BCUT2D eigenvalue weighted by atomic mass is 10.1. The van der Waals surface area contributed by atoms with Gasteiger partial charge in [0.15, 0.2) is 17.3 Å². The largest absolute Gasteiger partial charge is 0.390 e. The first-order chi connectivity index (χ1) is 12.8. The highest BCUT2D eigenvalue weighted by molar-refractivity contribution is 6.03. The summed E-state index contributed by atoms with van der Waals surface area (Å²) in [5.74, 6) is -2.85. The molecule has 0 aliphatic rings. The van der Waals surface area contributed by atoms with Crippen LogP contribution in [-0.2, 0) is 6.54 Å². The topological polar surface area (TPSA) is 116 Å². The molecule has 0 spiro atoms. The fourth-order valence-electron chi connectivity index (χ4n) is 2.41. The normalized spacial score (nSPS) is 10.8. The van der Waals surface area contributed by atoms with Crippen molar-refractivity contribution in [3.05, 3.63) is 68.7 Å². The highest BCUT2D eigenvalue weighted by atomic mass is 19.2. The van der Waals surface area contributed by atoms with Crippen molar-refractivity contribution < 1.29 is 23.0 Å². The third kappa shape index (κ3) is 3.66. The summed E-state index contributed by atoms with van der Waals surface area (Å²) in [6.45, 7) is 3.21. The van der Waals surface area contributed by atoms with Gasteiger partial charge in [0.1, 0.15) is 5.76 Å². The standard InChI is InChI=1S/C16H13F2N5O4/c1-8-5-14(23(25)26)20-22(8)7-11-9(2)27-21-15(11)16(24)19-10-3-4-12(17)13(18)6-10/h3-6H,7H2,1-2H3,(H,19,24). The second-order valence-electron chi connectivity index (χ2n) is 5.71. The number of nitrogens with one attached hydrogen (secondary N) is 1. The van der Waals surface area contributed by atoms with Gasteiger partial charge in [-0.2, -0.15) is 4.68 Å². The summed E-state index contributed by atoms with van der Waals surface area (Å²) in [4.78, 5) is 22.7. The lowest BCUT2D eigenvalue weighted by Gasteiger charge is -2.05. The maximum atomic E-state index is 13.3. The van der Waals surface area contributed by atoms with E-state index < -0.39 is 22.5 Å². The number of aryl methyl sites for hydroxylation is 2. The van der Waals surface area contributed by atoms with Crippen LogP contribution in [0.4, 0.5) is 20.3 Å². The zero-order valence-electron chi connectivity index (χ0n) is 14.2. The Morgan fingerprint density at radius 3 is 2.67 bits per heavy atom. The van der Waals surface area contributed by atoms with Gasteiger partial charge in [-0.1, -0.05) is 5.16 Å². The van der Waals surface area contributed by atoms with Gasteiger partial charge in [0.2, 0.25) is 0 Å². The number of nitro groups is 1. The summed E-state index contributed by atoms with van der Waals surface area (Å²) < 4.78 is 32.7. The molecule has 2 aromatic heterocycles. The van der Waals surface area contributed by atoms with Crippen molar-refractivity contribution in [1.82, 2.24) is 14.9 Å².